The predicted molar refractivity (Wildman–Crippen MR) is 171 cm³/mol. The number of benzene rings is 3. The van der Waals surface area contributed by atoms with Gasteiger partial charge in [0.05, 0.1) is 43.7 Å². The van der Waals surface area contributed by atoms with E-state index in [4.69, 9.17) is 4.74 Å². The fraction of sp³-hybridized carbons (Fsp3) is 0.265. The van der Waals surface area contributed by atoms with Crippen molar-refractivity contribution in [3.8, 4) is 11.8 Å². The third-order valence-corrected chi connectivity index (χ3v) is 7.85. The number of amides is 3. The van der Waals surface area contributed by atoms with Crippen LogP contribution in [0.15, 0.2) is 79.0 Å². The lowest BCUT2D eigenvalue weighted by molar-refractivity contribution is -0.131. The molecule has 4 aromatic rings. The van der Waals surface area contributed by atoms with Gasteiger partial charge in [-0.3, -0.25) is 19.1 Å². The second kappa shape index (κ2) is 13.4. The largest absolute Gasteiger partial charge is 0.495 e. The second-order valence-electron chi connectivity index (χ2n) is 11.4. The van der Waals surface area contributed by atoms with Gasteiger partial charge in [-0.2, -0.15) is 19.1 Å². The summed E-state index contributed by atoms with van der Waals surface area (Å²) >= 11 is 0. The number of halogens is 2. The Kier molecular flexibility index (Phi) is 9.34. The van der Waals surface area contributed by atoms with Crippen LogP contribution in [-0.2, 0) is 10.7 Å². The van der Waals surface area contributed by atoms with Crippen LogP contribution >= 0.6 is 0 Å². The highest BCUT2D eigenvalue weighted by Crippen LogP contribution is 2.37. The normalized spacial score (nSPS) is 14.4. The SMILES string of the molecule is COc1ccc(C(=O)Nc2cnn3c2C(=O)N(c2ccc(C(F)(F)c4ccccc4)cc2)CC3CN(C)C(=O)CN(C)C)cc1C#N. The molecule has 1 unspecified atom stereocenters. The van der Waals surface area contributed by atoms with E-state index in [2.05, 4.69) is 10.4 Å². The van der Waals surface area contributed by atoms with Crippen molar-refractivity contribution in [3.63, 3.8) is 0 Å². The molecule has 0 saturated heterocycles. The smallest absolute Gasteiger partial charge is 0.298 e. The summed E-state index contributed by atoms with van der Waals surface area (Å²) in [5, 5.41) is 16.6. The van der Waals surface area contributed by atoms with Gasteiger partial charge in [0.1, 0.15) is 11.8 Å². The number of fused-ring (bicyclic) bond motifs is 1. The topological polar surface area (TPSA) is 124 Å². The predicted octanol–water partition coefficient (Wildman–Crippen LogP) is 4.38. The molecule has 3 amide bonds. The summed E-state index contributed by atoms with van der Waals surface area (Å²) in [6.45, 7) is 0.425. The summed E-state index contributed by atoms with van der Waals surface area (Å²) in [5.41, 5.74) is 0.434. The van der Waals surface area contributed by atoms with Crippen molar-refractivity contribution in [2.24, 2.45) is 0 Å². The maximum absolute atomic E-state index is 15.3. The maximum Gasteiger partial charge on any atom is 0.298 e. The van der Waals surface area contributed by atoms with Gasteiger partial charge in [0.2, 0.25) is 5.91 Å². The Labute approximate surface area is 270 Å². The summed E-state index contributed by atoms with van der Waals surface area (Å²) in [4.78, 5) is 44.8. The van der Waals surface area contributed by atoms with Crippen LogP contribution < -0.4 is 15.0 Å². The van der Waals surface area contributed by atoms with Crippen molar-refractivity contribution in [2.75, 3.05) is 58.1 Å². The molecule has 47 heavy (non-hydrogen) atoms. The Balaban J connectivity index is 1.48. The van der Waals surface area contributed by atoms with Crippen molar-refractivity contribution in [1.82, 2.24) is 19.6 Å². The lowest BCUT2D eigenvalue weighted by atomic mass is 10.00. The van der Waals surface area contributed by atoms with E-state index in [1.54, 1.807) is 44.2 Å². The number of methoxy groups -OCH3 is 1. The van der Waals surface area contributed by atoms with Gasteiger partial charge >= 0.3 is 0 Å². The third-order valence-electron chi connectivity index (χ3n) is 7.85. The number of nitriles is 1. The van der Waals surface area contributed by atoms with E-state index in [9.17, 15) is 19.6 Å². The highest BCUT2D eigenvalue weighted by molar-refractivity contribution is 6.13. The first-order chi connectivity index (χ1) is 22.4. The molecule has 0 radical (unpaired) electrons. The molecular formula is C34H33F2N7O4. The molecule has 0 fully saturated rings. The molecule has 242 valence electrons. The Morgan fingerprint density at radius 1 is 1.06 bits per heavy atom. The van der Waals surface area contributed by atoms with E-state index in [1.807, 2.05) is 6.07 Å². The summed E-state index contributed by atoms with van der Waals surface area (Å²) in [7, 11) is 6.62. The molecule has 1 aromatic heterocycles. The van der Waals surface area contributed by atoms with E-state index in [0.29, 0.717) is 11.4 Å². The zero-order chi connectivity index (χ0) is 33.9. The van der Waals surface area contributed by atoms with E-state index in [0.717, 1.165) is 0 Å². The van der Waals surface area contributed by atoms with Crippen LogP contribution in [0.5, 0.6) is 5.75 Å². The minimum atomic E-state index is -3.26. The number of hydrogen-bond donors (Lipinski definition) is 1. The van der Waals surface area contributed by atoms with Crippen molar-refractivity contribution in [3.05, 3.63) is 107 Å². The van der Waals surface area contributed by atoms with Gasteiger partial charge in [0, 0.05) is 36.0 Å². The average molecular weight is 642 g/mol. The van der Waals surface area contributed by atoms with Gasteiger partial charge < -0.3 is 24.8 Å². The number of hydrogen-bond acceptors (Lipinski definition) is 7. The van der Waals surface area contributed by atoms with Crippen molar-refractivity contribution < 1.29 is 27.9 Å². The lowest BCUT2D eigenvalue weighted by Crippen LogP contribution is -2.48. The van der Waals surface area contributed by atoms with Crippen molar-refractivity contribution in [2.45, 2.75) is 12.0 Å². The van der Waals surface area contributed by atoms with Gasteiger partial charge in [-0.05, 0) is 44.4 Å². The van der Waals surface area contributed by atoms with Crippen LogP contribution in [0.25, 0.3) is 0 Å². The zero-order valence-corrected chi connectivity index (χ0v) is 26.3. The molecule has 0 bridgehead atoms. The van der Waals surface area contributed by atoms with E-state index >= 15 is 8.78 Å². The van der Waals surface area contributed by atoms with E-state index in [-0.39, 0.29) is 59.2 Å². The molecule has 0 aliphatic carbocycles. The average Bonchev–Trinajstić information content (AvgIpc) is 3.49. The van der Waals surface area contributed by atoms with Crippen LogP contribution in [0.2, 0.25) is 0 Å². The molecule has 13 heteroatoms. The Morgan fingerprint density at radius 2 is 1.74 bits per heavy atom. The minimum absolute atomic E-state index is 0.0516. The van der Waals surface area contributed by atoms with Gasteiger partial charge in [-0.25, -0.2) is 0 Å². The lowest BCUT2D eigenvalue weighted by Gasteiger charge is -2.36. The number of anilines is 2. The number of alkyl halides is 2. The number of nitrogens with one attached hydrogen (secondary N) is 1. The van der Waals surface area contributed by atoms with Gasteiger partial charge in [0.25, 0.3) is 17.7 Å². The molecule has 1 aliphatic rings. The Bertz CT molecular complexity index is 1840. The Morgan fingerprint density at radius 3 is 2.38 bits per heavy atom. The molecule has 5 rings (SSSR count). The molecule has 1 atom stereocenters. The van der Waals surface area contributed by atoms with Crippen molar-refractivity contribution >= 4 is 29.1 Å². The number of ether oxygens (including phenoxy) is 1. The molecule has 11 nitrogen and oxygen atoms in total. The van der Waals surface area contributed by atoms with Gasteiger partial charge in [-0.15, -0.1) is 0 Å². The number of likely N-dealkylation sites (N-methyl/N-ethyl adjacent to an activating group) is 2. The highest BCUT2D eigenvalue weighted by atomic mass is 19.3. The molecule has 1 N–H and O–H groups in total. The van der Waals surface area contributed by atoms with Crippen LogP contribution in [0.1, 0.15) is 43.6 Å². The number of carbonyl (C=O) groups is 3. The first kappa shape index (κ1) is 32.8. The van der Waals surface area contributed by atoms with E-state index in [1.165, 1.54) is 82.4 Å². The zero-order valence-electron chi connectivity index (χ0n) is 26.3. The molecular weight excluding hydrogens is 608 g/mol. The van der Waals surface area contributed by atoms with Crippen LogP contribution in [0.4, 0.5) is 20.2 Å². The summed E-state index contributed by atoms with van der Waals surface area (Å²) in [6.07, 6.45) is 1.35. The summed E-state index contributed by atoms with van der Waals surface area (Å²) < 4.78 is 37.2. The number of aromatic nitrogens is 2. The van der Waals surface area contributed by atoms with Crippen LogP contribution in [-0.4, -0.2) is 85.2 Å². The van der Waals surface area contributed by atoms with Crippen LogP contribution in [0.3, 0.4) is 0 Å². The summed E-state index contributed by atoms with van der Waals surface area (Å²) in [6, 6.07) is 18.7. The quantitative estimate of drug-likeness (QED) is 0.273. The van der Waals surface area contributed by atoms with E-state index < -0.39 is 23.8 Å². The fourth-order valence-corrected chi connectivity index (χ4v) is 5.41. The van der Waals surface area contributed by atoms with Gasteiger partial charge in [0.15, 0.2) is 5.69 Å². The molecule has 0 saturated carbocycles. The molecule has 3 aromatic carbocycles. The third kappa shape index (κ3) is 6.68. The minimum Gasteiger partial charge on any atom is -0.495 e. The van der Waals surface area contributed by atoms with Crippen molar-refractivity contribution in [1.29, 1.82) is 5.26 Å². The maximum atomic E-state index is 15.3. The monoisotopic (exact) mass is 641 g/mol. The second-order valence-corrected chi connectivity index (χ2v) is 11.4. The summed E-state index contributed by atoms with van der Waals surface area (Å²) in [5.74, 6) is -4.22. The molecule has 2 heterocycles. The molecule has 0 spiro atoms. The first-order valence-electron chi connectivity index (χ1n) is 14.7. The number of rotatable bonds is 10. The van der Waals surface area contributed by atoms with Crippen LogP contribution in [0, 0.1) is 11.3 Å². The first-order valence-corrected chi connectivity index (χ1v) is 14.7. The molecule has 1 aliphatic heterocycles. The fourth-order valence-electron chi connectivity index (χ4n) is 5.41. The van der Waals surface area contributed by atoms with Gasteiger partial charge in [-0.1, -0.05) is 42.5 Å². The Hall–Kier alpha value is -5.61. The highest BCUT2D eigenvalue weighted by Gasteiger charge is 2.38. The standard InChI is InChI=1S/C34H33F2N7O4/c1-40(2)21-30(44)41(3)19-27-20-42(26-13-11-25(12-14-26)34(35,36)24-8-6-5-7-9-24)33(46)31-28(18-38-43(27)31)39-32(45)22-10-15-29(47-4)23(16-22)17-37/h5-16,18,27H,19-21H2,1-4H3,(H,39,45). The number of carbonyl (C=O) groups excluding carboxylic acids is 3. The number of nitrogens with zero attached hydrogens (tertiary/aromatic N) is 6.